The second-order valence-corrected chi connectivity index (χ2v) is 4.83. The lowest BCUT2D eigenvalue weighted by molar-refractivity contribution is -0.115. The van der Waals surface area contributed by atoms with Gasteiger partial charge in [0.2, 0.25) is 5.91 Å². The van der Waals surface area contributed by atoms with E-state index in [0.717, 1.165) is 16.7 Å². The number of para-hydroxylation sites is 1. The first-order chi connectivity index (χ1) is 9.25. The fraction of sp³-hybridized carbons (Fsp3) is 0.231. The molecule has 100 valence electrons. The van der Waals surface area contributed by atoms with Crippen LogP contribution in [0.15, 0.2) is 47.2 Å². The molecule has 0 atom stereocenters. The molecule has 0 saturated carbocycles. The Morgan fingerprint density at radius 3 is 2.89 bits per heavy atom. The van der Waals surface area contributed by atoms with E-state index < -0.39 is 0 Å². The van der Waals surface area contributed by atoms with Crippen LogP contribution in [-0.4, -0.2) is 28.8 Å². The number of nitrogens with zero attached hydrogens (tertiary/aromatic N) is 2. The molecule has 2 N–H and O–H groups in total. The number of nitrogens with one attached hydrogen (secondary N) is 2. The van der Waals surface area contributed by atoms with Crippen LogP contribution in [0.1, 0.15) is 0 Å². The molecule has 0 aliphatic carbocycles. The average Bonchev–Trinajstić information content (AvgIpc) is 2.91. The highest BCUT2D eigenvalue weighted by atomic mass is 79.9. The van der Waals surface area contributed by atoms with Gasteiger partial charge in [0, 0.05) is 23.4 Å². The molecule has 19 heavy (non-hydrogen) atoms. The monoisotopic (exact) mass is 322 g/mol. The minimum Gasteiger partial charge on any atom is -0.324 e. The van der Waals surface area contributed by atoms with Gasteiger partial charge < -0.3 is 10.6 Å². The van der Waals surface area contributed by atoms with E-state index >= 15 is 0 Å². The third-order valence-electron chi connectivity index (χ3n) is 2.51. The van der Waals surface area contributed by atoms with E-state index in [9.17, 15) is 4.79 Å². The molecule has 0 aliphatic heterocycles. The van der Waals surface area contributed by atoms with Gasteiger partial charge in [-0.3, -0.25) is 9.48 Å². The Kier molecular flexibility index (Phi) is 5.11. The second kappa shape index (κ2) is 7.06. The summed E-state index contributed by atoms with van der Waals surface area (Å²) in [6.07, 6.45) is 3.63. The summed E-state index contributed by atoms with van der Waals surface area (Å²) in [5, 5.41) is 9.99. The number of hydrogen-bond donors (Lipinski definition) is 2. The number of aromatic nitrogens is 2. The van der Waals surface area contributed by atoms with Crippen molar-refractivity contribution in [2.24, 2.45) is 0 Å². The summed E-state index contributed by atoms with van der Waals surface area (Å²) >= 11 is 3.39. The van der Waals surface area contributed by atoms with Crippen molar-refractivity contribution < 1.29 is 4.79 Å². The van der Waals surface area contributed by atoms with E-state index in [4.69, 9.17) is 0 Å². The molecular weight excluding hydrogens is 308 g/mol. The molecule has 0 radical (unpaired) electrons. The highest BCUT2D eigenvalue weighted by Crippen LogP contribution is 2.20. The molecule has 1 heterocycles. The average molecular weight is 323 g/mol. The standard InChI is InChI=1S/C13H15BrN4O/c14-11-4-1-2-5-12(11)17-13(19)10-15-7-9-18-8-3-6-16-18/h1-6,8,15H,7,9-10H2,(H,17,19). The minimum atomic E-state index is -0.0626. The lowest BCUT2D eigenvalue weighted by atomic mass is 10.3. The van der Waals surface area contributed by atoms with Gasteiger partial charge in [0.15, 0.2) is 0 Å². The molecule has 1 aromatic carbocycles. The van der Waals surface area contributed by atoms with Crippen LogP contribution < -0.4 is 10.6 Å². The van der Waals surface area contributed by atoms with Crippen LogP contribution in [-0.2, 0) is 11.3 Å². The topological polar surface area (TPSA) is 59.0 Å². The first-order valence-electron chi connectivity index (χ1n) is 5.98. The largest absolute Gasteiger partial charge is 0.324 e. The fourth-order valence-corrected chi connectivity index (χ4v) is 1.97. The van der Waals surface area contributed by atoms with Crippen molar-refractivity contribution in [2.45, 2.75) is 6.54 Å². The van der Waals surface area contributed by atoms with Crippen LogP contribution in [0.4, 0.5) is 5.69 Å². The molecule has 2 rings (SSSR count). The van der Waals surface area contributed by atoms with Crippen LogP contribution >= 0.6 is 15.9 Å². The van der Waals surface area contributed by atoms with Gasteiger partial charge in [0.1, 0.15) is 0 Å². The summed E-state index contributed by atoms with van der Waals surface area (Å²) in [7, 11) is 0. The summed E-state index contributed by atoms with van der Waals surface area (Å²) < 4.78 is 2.69. The lowest BCUT2D eigenvalue weighted by Crippen LogP contribution is -2.30. The van der Waals surface area contributed by atoms with E-state index in [1.165, 1.54) is 0 Å². The van der Waals surface area contributed by atoms with E-state index in [2.05, 4.69) is 31.7 Å². The van der Waals surface area contributed by atoms with E-state index in [1.807, 2.05) is 41.2 Å². The van der Waals surface area contributed by atoms with Crippen LogP contribution in [0.5, 0.6) is 0 Å². The molecule has 1 aromatic heterocycles. The van der Waals surface area contributed by atoms with Gasteiger partial charge in [-0.1, -0.05) is 12.1 Å². The van der Waals surface area contributed by atoms with Gasteiger partial charge in [0.05, 0.1) is 18.8 Å². The van der Waals surface area contributed by atoms with Crippen molar-refractivity contribution in [3.63, 3.8) is 0 Å². The normalized spacial score (nSPS) is 10.4. The SMILES string of the molecule is O=C(CNCCn1cccn1)Nc1ccccc1Br. The smallest absolute Gasteiger partial charge is 0.238 e. The van der Waals surface area contributed by atoms with Gasteiger partial charge in [-0.15, -0.1) is 0 Å². The molecule has 0 spiro atoms. The Labute approximate surface area is 120 Å². The minimum absolute atomic E-state index is 0.0626. The van der Waals surface area contributed by atoms with Gasteiger partial charge in [-0.2, -0.15) is 5.10 Å². The van der Waals surface area contributed by atoms with E-state index in [-0.39, 0.29) is 12.5 Å². The van der Waals surface area contributed by atoms with Gasteiger partial charge >= 0.3 is 0 Å². The third kappa shape index (κ3) is 4.50. The number of anilines is 1. The number of rotatable bonds is 6. The number of benzene rings is 1. The van der Waals surface area contributed by atoms with Gasteiger partial charge in [-0.05, 0) is 34.1 Å². The van der Waals surface area contributed by atoms with Crippen LogP contribution in [0, 0.1) is 0 Å². The number of amides is 1. The summed E-state index contributed by atoms with van der Waals surface area (Å²) in [6.45, 7) is 1.73. The molecule has 6 heteroatoms. The first-order valence-corrected chi connectivity index (χ1v) is 6.77. The predicted octanol–water partition coefficient (Wildman–Crippen LogP) is 1.87. The van der Waals surface area contributed by atoms with Crippen molar-refractivity contribution in [3.8, 4) is 0 Å². The van der Waals surface area contributed by atoms with E-state index in [0.29, 0.717) is 6.54 Å². The number of carbonyl (C=O) groups is 1. The first kappa shape index (κ1) is 13.8. The van der Waals surface area contributed by atoms with Gasteiger partial charge in [0.25, 0.3) is 0 Å². The molecular formula is C13H15BrN4O. The molecule has 1 amide bonds. The summed E-state index contributed by atoms with van der Waals surface area (Å²) in [4.78, 5) is 11.7. The Hall–Kier alpha value is -1.66. The second-order valence-electron chi connectivity index (χ2n) is 3.97. The van der Waals surface area contributed by atoms with Crippen molar-refractivity contribution in [1.29, 1.82) is 0 Å². The summed E-state index contributed by atoms with van der Waals surface area (Å²) in [6, 6.07) is 9.40. The molecule has 0 bridgehead atoms. The maximum absolute atomic E-state index is 11.7. The zero-order valence-electron chi connectivity index (χ0n) is 10.3. The molecule has 0 saturated heterocycles. The van der Waals surface area contributed by atoms with Crippen molar-refractivity contribution in [1.82, 2.24) is 15.1 Å². The molecule has 0 unspecified atom stereocenters. The number of hydrogen-bond acceptors (Lipinski definition) is 3. The Balaban J connectivity index is 1.69. The maximum Gasteiger partial charge on any atom is 0.238 e. The molecule has 0 fully saturated rings. The highest BCUT2D eigenvalue weighted by Gasteiger charge is 2.04. The zero-order chi connectivity index (χ0) is 13.5. The zero-order valence-corrected chi connectivity index (χ0v) is 11.9. The fourth-order valence-electron chi connectivity index (χ4n) is 1.59. The highest BCUT2D eigenvalue weighted by molar-refractivity contribution is 9.10. The van der Waals surface area contributed by atoms with Gasteiger partial charge in [-0.25, -0.2) is 0 Å². The number of carbonyl (C=O) groups excluding carboxylic acids is 1. The van der Waals surface area contributed by atoms with Crippen molar-refractivity contribution in [3.05, 3.63) is 47.2 Å². The quantitative estimate of drug-likeness (QED) is 0.798. The molecule has 0 aliphatic rings. The molecule has 2 aromatic rings. The van der Waals surface area contributed by atoms with Crippen molar-refractivity contribution in [2.75, 3.05) is 18.4 Å². The summed E-state index contributed by atoms with van der Waals surface area (Å²) in [5.74, 6) is -0.0626. The Morgan fingerprint density at radius 1 is 1.32 bits per heavy atom. The Bertz CT molecular complexity index is 527. The van der Waals surface area contributed by atoms with Crippen LogP contribution in [0.25, 0.3) is 0 Å². The predicted molar refractivity (Wildman–Crippen MR) is 77.9 cm³/mol. The van der Waals surface area contributed by atoms with Crippen LogP contribution in [0.3, 0.4) is 0 Å². The summed E-state index contributed by atoms with van der Waals surface area (Å²) in [5.41, 5.74) is 0.779. The number of halogens is 1. The molecule has 5 nitrogen and oxygen atoms in total. The van der Waals surface area contributed by atoms with E-state index in [1.54, 1.807) is 6.20 Å². The Morgan fingerprint density at radius 2 is 2.16 bits per heavy atom. The third-order valence-corrected chi connectivity index (χ3v) is 3.20. The lowest BCUT2D eigenvalue weighted by Gasteiger charge is -2.08. The van der Waals surface area contributed by atoms with Crippen molar-refractivity contribution >= 4 is 27.5 Å². The van der Waals surface area contributed by atoms with Crippen LogP contribution in [0.2, 0.25) is 0 Å². The maximum atomic E-state index is 11.7.